The number of hydrogen-bond acceptors (Lipinski definition) is 30. The largest absolute Gasteiger partial charge is 0.478 e. The fourth-order valence-electron chi connectivity index (χ4n) is 15.3. The van der Waals surface area contributed by atoms with E-state index in [1.807, 2.05) is 19.9 Å². The van der Waals surface area contributed by atoms with Crippen LogP contribution >= 0.6 is 70.4 Å². The zero-order chi connectivity index (χ0) is 103. The molecule has 5 aromatic carbocycles. The number of carbonyl (C=O) groups excluding carboxylic acids is 7. The molecule has 0 spiro atoms. The van der Waals surface area contributed by atoms with Crippen LogP contribution in [0.3, 0.4) is 0 Å². The number of halogens is 6. The van der Waals surface area contributed by atoms with Gasteiger partial charge in [-0.2, -0.15) is 0 Å². The summed E-state index contributed by atoms with van der Waals surface area (Å²) in [4.78, 5) is 133. The van der Waals surface area contributed by atoms with Gasteiger partial charge in [0.15, 0.2) is 0 Å². The molecular formula is C96H120Cl6N14O25. The second kappa shape index (κ2) is 60.6. The van der Waals surface area contributed by atoms with E-state index in [1.165, 1.54) is 35.5 Å². The molecule has 0 radical (unpaired) electrons. The third kappa shape index (κ3) is 31.8. The van der Waals surface area contributed by atoms with Gasteiger partial charge in [-0.1, -0.05) is 178 Å². The molecule has 5 aliphatic heterocycles. The fourth-order valence-corrected chi connectivity index (χ4v) is 16.5. The van der Waals surface area contributed by atoms with Crippen LogP contribution in [-0.2, 0) is 105 Å². The Hall–Kier alpha value is -13.3. The van der Waals surface area contributed by atoms with Crippen molar-refractivity contribution in [1.82, 2.24) is 26.6 Å². The summed E-state index contributed by atoms with van der Waals surface area (Å²) in [5.41, 5.74) is 33.6. The van der Waals surface area contributed by atoms with Crippen molar-refractivity contribution < 1.29 is 127 Å². The van der Waals surface area contributed by atoms with Crippen LogP contribution in [0.1, 0.15) is 140 Å². The Morgan fingerprint density at radius 3 is 0.667 bits per heavy atom. The first-order chi connectivity index (χ1) is 67.2. The Labute approximate surface area is 851 Å². The van der Waals surface area contributed by atoms with E-state index in [9.17, 15) is 63.3 Å². The molecular weight excluding hydrogens is 1960 g/mol. The normalized spacial score (nSPS) is 16.3. The van der Waals surface area contributed by atoms with Gasteiger partial charge in [-0.15, -0.1) is 12.4 Å². The van der Waals surface area contributed by atoms with Crippen LogP contribution in [0.5, 0.6) is 0 Å². The summed E-state index contributed by atoms with van der Waals surface area (Å²) >= 11 is 31.8. The maximum absolute atomic E-state index is 12.9. The van der Waals surface area contributed by atoms with Gasteiger partial charge in [0.05, 0.1) is 215 Å². The summed E-state index contributed by atoms with van der Waals surface area (Å²) < 4.78 is 62.7. The Morgan fingerprint density at radius 1 is 0.312 bits per heavy atom. The summed E-state index contributed by atoms with van der Waals surface area (Å²) in [6.07, 6.45) is 1.66. The first-order valence-electron chi connectivity index (χ1n) is 43.3. The number of nitrogens with zero attached hydrogens (tertiary/aromatic N) is 9. The van der Waals surface area contributed by atoms with Gasteiger partial charge in [0.2, 0.25) is 0 Å². The van der Waals surface area contributed by atoms with Crippen molar-refractivity contribution in [2.24, 2.45) is 15.3 Å². The second-order valence-corrected chi connectivity index (χ2v) is 32.0. The van der Waals surface area contributed by atoms with Gasteiger partial charge in [-0.05, 0) is 136 Å². The highest BCUT2D eigenvalue weighted by molar-refractivity contribution is 6.33. The molecule has 766 valence electrons. The number of azide groups is 3. The minimum absolute atomic E-state index is 0. The van der Waals surface area contributed by atoms with Crippen LogP contribution in [0.2, 0.25) is 25.1 Å². The van der Waals surface area contributed by atoms with Crippen LogP contribution in [0.4, 0.5) is 0 Å². The van der Waals surface area contributed by atoms with Crippen molar-refractivity contribution in [1.29, 1.82) is 0 Å². The zero-order valence-corrected chi connectivity index (χ0v) is 84.2. The number of allylic oxidation sites excluding steroid dienone is 5. The highest BCUT2D eigenvalue weighted by atomic mass is 35.5. The van der Waals surface area contributed by atoms with Gasteiger partial charge < -0.3 is 98.7 Å². The summed E-state index contributed by atoms with van der Waals surface area (Å²) in [5.74, 6) is -12.0. The molecule has 8 N–H and O–H groups in total. The Morgan fingerprint density at radius 2 is 0.496 bits per heavy atom. The molecule has 0 saturated carbocycles. The highest BCUT2D eigenvalue weighted by Crippen LogP contribution is 2.48. The Balaban J connectivity index is 0.00000178. The summed E-state index contributed by atoms with van der Waals surface area (Å²) in [7, 11) is 6.29. The summed E-state index contributed by atoms with van der Waals surface area (Å²) in [6, 6.07) is 34.4. The predicted octanol–water partition coefficient (Wildman–Crippen LogP) is 18.5. The SMILES string of the molecule is CCCOCC1=C(C(=O)O)[C@H](c2ccccc2Cl)C(C(=O)OC)=C(C)N1.CCCOCC1=C(C(=O)OCC)[C@H](c2ccccc2Cl)C(C(=O)OC)=C(C)N1.CCOC(=O)C1=C(COCCN=[N+]=[N-])NC(C)=C(C(=O)OC)[C@H]1c1ccccc1Cl.COC(=O)C1=C(C)NC(COCCN=[N+]=[N-])=C(C(=O)O)C1c1ccccc1Cl.COC(=O)C1=C(C)NC(COCCN=[N+]=[N-])=C(C(=O)O)[C@@H]1c1ccccc1Cl.Cl.[HH].[HH].[HH].[HH].[HH]. The lowest BCUT2D eigenvalue weighted by molar-refractivity contribution is -0.140. The van der Waals surface area contributed by atoms with Crippen LogP contribution in [0.25, 0.3) is 31.3 Å². The number of dihydropyridines is 5. The molecule has 1 unspecified atom stereocenters. The van der Waals surface area contributed by atoms with E-state index in [-0.39, 0.29) is 161 Å². The number of benzene rings is 5. The smallest absolute Gasteiger partial charge is 0.336 e. The molecule has 141 heavy (non-hydrogen) atoms. The molecule has 5 aliphatic rings. The van der Waals surface area contributed by atoms with E-state index in [2.05, 4.69) is 56.7 Å². The van der Waals surface area contributed by atoms with Gasteiger partial charge in [0, 0.05) is 108 Å². The van der Waals surface area contributed by atoms with E-state index >= 15 is 0 Å². The number of carboxylic acids is 3. The van der Waals surface area contributed by atoms with Gasteiger partial charge in [0.25, 0.3) is 0 Å². The third-order valence-electron chi connectivity index (χ3n) is 21.1. The van der Waals surface area contributed by atoms with E-state index in [1.54, 1.807) is 164 Å². The molecule has 39 nitrogen and oxygen atoms in total. The Bertz CT molecular complexity index is 5800. The molecule has 0 aliphatic carbocycles. The van der Waals surface area contributed by atoms with Crippen LogP contribution in [0, 0.1) is 0 Å². The average Bonchev–Trinajstić information content (AvgIpc) is 0.768. The second-order valence-electron chi connectivity index (χ2n) is 30.0. The van der Waals surface area contributed by atoms with Crippen molar-refractivity contribution in [3.8, 4) is 0 Å². The van der Waals surface area contributed by atoms with Crippen molar-refractivity contribution in [3.63, 3.8) is 0 Å². The van der Waals surface area contributed by atoms with E-state index in [0.29, 0.717) is 123 Å². The average molecular weight is 2080 g/mol. The number of hydrogen-bond donors (Lipinski definition) is 8. The van der Waals surface area contributed by atoms with Crippen molar-refractivity contribution in [2.75, 3.05) is 134 Å². The van der Waals surface area contributed by atoms with Crippen molar-refractivity contribution >= 4 is 130 Å². The van der Waals surface area contributed by atoms with Gasteiger partial charge in [-0.25, -0.2) is 47.9 Å². The number of esters is 7. The van der Waals surface area contributed by atoms with Gasteiger partial charge >= 0.3 is 59.7 Å². The molecule has 5 atom stereocenters. The third-order valence-corrected chi connectivity index (χ3v) is 22.9. The van der Waals surface area contributed by atoms with Crippen molar-refractivity contribution in [3.05, 3.63) is 318 Å². The number of carbonyl (C=O) groups is 10. The molecule has 5 heterocycles. The number of rotatable bonds is 40. The topological polar surface area (TPSA) is 549 Å². The molecule has 45 heteroatoms. The molecule has 5 aromatic rings. The number of methoxy groups -OCH3 is 5. The predicted molar refractivity (Wildman–Crippen MR) is 536 cm³/mol. The number of carboxylic acid groups (broad SMARTS) is 3. The van der Waals surface area contributed by atoms with E-state index in [0.717, 1.165) is 12.8 Å². The lowest BCUT2D eigenvalue weighted by atomic mass is 9.80. The molecule has 0 fully saturated rings. The maximum atomic E-state index is 12.9. The van der Waals surface area contributed by atoms with E-state index in [4.69, 9.17) is 131 Å². The monoisotopic (exact) mass is 2080 g/mol. The lowest BCUT2D eigenvalue weighted by Gasteiger charge is -2.31. The van der Waals surface area contributed by atoms with Crippen LogP contribution < -0.4 is 26.6 Å². The lowest BCUT2D eigenvalue weighted by Crippen LogP contribution is -2.35. The molecule has 0 aromatic heterocycles. The number of aliphatic carboxylic acids is 3. The zero-order valence-electron chi connectivity index (χ0n) is 79.6. The van der Waals surface area contributed by atoms with Gasteiger partial charge in [-0.3, -0.25) is 0 Å². The van der Waals surface area contributed by atoms with Crippen LogP contribution in [-0.4, -0.2) is 209 Å². The standard InChI is InChI=1S/C21H26ClNO5.C20H23ClN4O5.C19H22ClNO5.2C18H19ClN4O5.ClH.5H2/c1-5-11-27-12-16-19(21(25)28-6-2)18(14-9-7-8-10-15(14)22)17(13(3)23-16)20(24)26-4;1-4-30-20(27)18-15(11-29-10-9-23-25-22)24-12(2)16(19(26)28-3)17(18)13-7-5-6-8-14(13)21;1-4-9-26-10-14-17(18(22)23)16(12-7-5-6-8-13(12)20)15(11(2)21-14)19(24)25-3;2*1-10-14(18(26)27-2)15(11-5-3-4-6-12(11)19)16(17(24)25)13(22-10)9-28-8-7-21-23-20;;;;;;/h7-10,18,23H,5-6,11-12H2,1-4H3;5-8,17,24H,4,9-11H2,1-3H3;5-8,16,21H,4,9-10H2,1-3H3,(H,22,23);2*3-6,15,22H,7-9H2,1-2H3,(H,24,25);6*1H/t18-;17-;16-;15-;;;;;;;/m1111......./s1. The van der Waals surface area contributed by atoms with Crippen molar-refractivity contribution in [2.45, 2.75) is 105 Å². The first kappa shape index (κ1) is 118. The quantitative estimate of drug-likeness (QED) is 0.00451. The molecule has 10 rings (SSSR count). The molecule has 0 saturated heterocycles. The summed E-state index contributed by atoms with van der Waals surface area (Å²) in [6.45, 7) is 18.2. The summed E-state index contributed by atoms with van der Waals surface area (Å²) in [5, 5.41) is 56.7. The molecule has 0 amide bonds. The maximum Gasteiger partial charge on any atom is 0.336 e. The fraction of sp³-hybridized carbons (Fsp3) is 0.375. The van der Waals surface area contributed by atoms with E-state index < -0.39 is 89.3 Å². The number of ether oxygens (including phenoxy) is 12. The van der Waals surface area contributed by atoms with Gasteiger partial charge in [0.1, 0.15) is 0 Å². The Kier molecular flexibility index (Phi) is 50.8. The highest BCUT2D eigenvalue weighted by Gasteiger charge is 2.46. The van der Waals surface area contributed by atoms with Crippen LogP contribution in [0.15, 0.2) is 249 Å². The minimum Gasteiger partial charge on any atom is -0.478 e. The molecule has 0 bridgehead atoms. The minimum atomic E-state index is -1.22. The first-order valence-corrected chi connectivity index (χ1v) is 45.2. The number of nitrogens with one attached hydrogen (secondary N) is 5.